The molecule has 3 heterocycles. The van der Waals surface area contributed by atoms with Crippen molar-refractivity contribution in [1.82, 2.24) is 24.7 Å². The number of nitrogens with two attached hydrogens (primary N) is 1. The van der Waals surface area contributed by atoms with E-state index in [-0.39, 0.29) is 22.5 Å². The van der Waals surface area contributed by atoms with E-state index in [1.165, 1.54) is 15.4 Å². The highest BCUT2D eigenvalue weighted by Gasteiger charge is 2.32. The van der Waals surface area contributed by atoms with Crippen LogP contribution >= 0.6 is 11.8 Å². The summed E-state index contributed by atoms with van der Waals surface area (Å²) in [6.07, 6.45) is -4.53. The van der Waals surface area contributed by atoms with Crippen molar-refractivity contribution in [2.45, 2.75) is 25.2 Å². The highest BCUT2D eigenvalue weighted by atomic mass is 32.2. The van der Waals surface area contributed by atoms with Crippen LogP contribution in [0, 0.1) is 13.8 Å². The molecule has 3 aromatic rings. The van der Waals surface area contributed by atoms with Gasteiger partial charge in [0.1, 0.15) is 0 Å². The fourth-order valence-corrected chi connectivity index (χ4v) is 4.20. The minimum atomic E-state index is -4.53. The summed E-state index contributed by atoms with van der Waals surface area (Å²) in [6, 6.07) is 5.18. The normalized spacial score (nSPS) is 14.4. The second-order valence-electron chi connectivity index (χ2n) is 7.66. The summed E-state index contributed by atoms with van der Waals surface area (Å²) >= 11 is 1.01. The average molecular weight is 497 g/mol. The van der Waals surface area contributed by atoms with Gasteiger partial charge in [-0.2, -0.15) is 18.3 Å². The van der Waals surface area contributed by atoms with Gasteiger partial charge in [0.05, 0.1) is 41.6 Å². The lowest BCUT2D eigenvalue weighted by molar-refractivity contribution is -0.137. The van der Waals surface area contributed by atoms with Crippen LogP contribution in [0.25, 0.3) is 5.95 Å². The second-order valence-corrected chi connectivity index (χ2v) is 8.60. The van der Waals surface area contributed by atoms with Crippen molar-refractivity contribution in [3.63, 3.8) is 0 Å². The number of hydrogen-bond donors (Lipinski definition) is 2. The molecule has 10 nitrogen and oxygen atoms in total. The molecule has 0 atom stereocenters. The van der Waals surface area contributed by atoms with E-state index in [2.05, 4.69) is 20.6 Å². The van der Waals surface area contributed by atoms with Gasteiger partial charge in [-0.05, 0) is 38.1 Å². The van der Waals surface area contributed by atoms with Crippen molar-refractivity contribution in [1.29, 1.82) is 0 Å². The van der Waals surface area contributed by atoms with E-state index < -0.39 is 17.6 Å². The van der Waals surface area contributed by atoms with Gasteiger partial charge in [-0.25, -0.2) is 9.36 Å². The Morgan fingerprint density at radius 2 is 1.94 bits per heavy atom. The van der Waals surface area contributed by atoms with Crippen molar-refractivity contribution < 1.29 is 22.7 Å². The van der Waals surface area contributed by atoms with Crippen LogP contribution in [0.3, 0.4) is 0 Å². The Kier molecular flexibility index (Phi) is 6.70. The van der Waals surface area contributed by atoms with Crippen molar-refractivity contribution in [3.05, 3.63) is 41.2 Å². The number of halogens is 3. The number of amides is 1. The van der Waals surface area contributed by atoms with Gasteiger partial charge in [0, 0.05) is 18.8 Å². The maximum Gasteiger partial charge on any atom is 0.416 e. The van der Waals surface area contributed by atoms with Crippen LogP contribution in [0.2, 0.25) is 0 Å². The molecule has 0 bridgehead atoms. The molecule has 2 aromatic heterocycles. The molecule has 0 radical (unpaired) electrons. The lowest BCUT2D eigenvalue weighted by Crippen LogP contribution is -2.37. The predicted molar refractivity (Wildman–Crippen MR) is 121 cm³/mol. The van der Waals surface area contributed by atoms with Crippen LogP contribution in [-0.4, -0.2) is 62.6 Å². The molecular weight excluding hydrogens is 473 g/mol. The van der Waals surface area contributed by atoms with Crippen LogP contribution in [0.15, 0.2) is 29.4 Å². The first-order chi connectivity index (χ1) is 16.1. The van der Waals surface area contributed by atoms with Crippen molar-refractivity contribution >= 4 is 29.0 Å². The quantitative estimate of drug-likeness (QED) is 0.395. The zero-order valence-corrected chi connectivity index (χ0v) is 19.3. The van der Waals surface area contributed by atoms with E-state index in [1.807, 2.05) is 24.8 Å². The number of anilines is 2. The number of nitrogens with zero attached hydrogens (tertiary/aromatic N) is 6. The average Bonchev–Trinajstić information content (AvgIpc) is 3.32. The second kappa shape index (κ2) is 9.54. The number of aromatic nitrogens is 5. The first-order valence-corrected chi connectivity index (χ1v) is 11.3. The molecule has 0 spiro atoms. The number of nitrogen functional groups attached to an aromatic ring is 1. The highest BCUT2D eigenvalue weighted by Crippen LogP contribution is 2.36. The monoisotopic (exact) mass is 496 g/mol. The molecule has 1 aliphatic rings. The van der Waals surface area contributed by atoms with E-state index >= 15 is 0 Å². The van der Waals surface area contributed by atoms with Crippen LogP contribution in [0.1, 0.15) is 17.0 Å². The Hall–Kier alpha value is -3.26. The molecule has 4 rings (SSSR count). The predicted octanol–water partition coefficient (Wildman–Crippen LogP) is 2.38. The van der Waals surface area contributed by atoms with Crippen molar-refractivity contribution in [2.24, 2.45) is 0 Å². The molecule has 1 amide bonds. The topological polar surface area (TPSA) is 116 Å². The maximum absolute atomic E-state index is 13.3. The maximum atomic E-state index is 13.3. The lowest BCUT2D eigenvalue weighted by Gasteiger charge is -2.31. The zero-order valence-electron chi connectivity index (χ0n) is 18.5. The van der Waals surface area contributed by atoms with Gasteiger partial charge in [0.2, 0.25) is 11.1 Å². The Bertz CT molecular complexity index is 1190. The number of benzene rings is 1. The van der Waals surface area contributed by atoms with Gasteiger partial charge < -0.3 is 20.8 Å². The summed E-state index contributed by atoms with van der Waals surface area (Å²) in [5.74, 6) is 5.72. The molecule has 0 aliphatic carbocycles. The number of ether oxygens (including phenoxy) is 1. The summed E-state index contributed by atoms with van der Waals surface area (Å²) in [4.78, 5) is 14.5. The summed E-state index contributed by atoms with van der Waals surface area (Å²) in [7, 11) is 0. The Balaban J connectivity index is 1.49. The summed E-state index contributed by atoms with van der Waals surface area (Å²) < 4.78 is 47.9. The number of nitrogens with one attached hydrogen (secondary N) is 1. The molecule has 0 saturated carbocycles. The molecule has 3 N–H and O–H groups in total. The van der Waals surface area contributed by atoms with Crippen LogP contribution in [0.5, 0.6) is 0 Å². The van der Waals surface area contributed by atoms with Gasteiger partial charge in [-0.3, -0.25) is 4.79 Å². The van der Waals surface area contributed by atoms with Crippen LogP contribution < -0.4 is 16.1 Å². The van der Waals surface area contributed by atoms with E-state index in [4.69, 9.17) is 10.6 Å². The minimum Gasteiger partial charge on any atom is -0.378 e. The first kappa shape index (κ1) is 23.9. The number of aryl methyl sites for hydroxylation is 2. The molecule has 1 aliphatic heterocycles. The molecule has 34 heavy (non-hydrogen) atoms. The number of thioether (sulfide) groups is 1. The molecular formula is C20H23F3N8O2S. The number of carbonyl (C=O) groups excluding carboxylic acids is 1. The Morgan fingerprint density at radius 1 is 1.21 bits per heavy atom. The molecule has 1 saturated heterocycles. The summed E-state index contributed by atoms with van der Waals surface area (Å²) in [5, 5.41) is 15.2. The molecule has 14 heteroatoms. The van der Waals surface area contributed by atoms with Gasteiger partial charge in [-0.15, -0.1) is 10.2 Å². The lowest BCUT2D eigenvalue weighted by atomic mass is 10.1. The van der Waals surface area contributed by atoms with Crippen molar-refractivity contribution in [3.8, 4) is 5.95 Å². The highest BCUT2D eigenvalue weighted by molar-refractivity contribution is 7.99. The van der Waals surface area contributed by atoms with Gasteiger partial charge >= 0.3 is 6.18 Å². The fraction of sp³-hybridized carbons (Fsp3) is 0.400. The Morgan fingerprint density at radius 3 is 2.59 bits per heavy atom. The number of hydrogen-bond acceptors (Lipinski definition) is 8. The van der Waals surface area contributed by atoms with Crippen LogP contribution in [-0.2, 0) is 15.7 Å². The molecule has 0 unspecified atom stereocenters. The fourth-order valence-electron chi connectivity index (χ4n) is 3.55. The Labute approximate surface area is 197 Å². The SMILES string of the molecule is Cc1cc(C)n(-c2nnc(SCC(=O)Nc3cc(C(F)(F)F)ccc3N3CCOCC3)n2N)n1. The van der Waals surface area contributed by atoms with Crippen molar-refractivity contribution in [2.75, 3.05) is 48.1 Å². The third kappa shape index (κ3) is 5.12. The first-order valence-electron chi connectivity index (χ1n) is 10.3. The van der Waals surface area contributed by atoms with E-state index in [9.17, 15) is 18.0 Å². The van der Waals surface area contributed by atoms with E-state index in [0.717, 1.165) is 35.3 Å². The summed E-state index contributed by atoms with van der Waals surface area (Å²) in [6.45, 7) is 5.60. The number of morpholine rings is 1. The smallest absolute Gasteiger partial charge is 0.378 e. The molecule has 182 valence electrons. The summed E-state index contributed by atoms with van der Waals surface area (Å²) in [5.41, 5.74) is 1.34. The third-order valence-corrected chi connectivity index (χ3v) is 6.07. The standard InChI is InChI=1S/C20H23F3N8O2S/c1-12-9-13(2)31(28-12)18-26-27-19(30(18)24)34-11-17(32)25-15-10-14(20(21,22)23)3-4-16(15)29-5-7-33-8-6-29/h3-4,9-10H,5-8,11,24H2,1-2H3,(H,25,32). The third-order valence-electron chi connectivity index (χ3n) is 5.13. The number of carbonyl (C=O) groups is 1. The molecule has 1 fully saturated rings. The number of alkyl halides is 3. The van der Waals surface area contributed by atoms with Gasteiger partial charge in [-0.1, -0.05) is 11.8 Å². The number of rotatable bonds is 6. The largest absolute Gasteiger partial charge is 0.416 e. The van der Waals surface area contributed by atoms with Gasteiger partial charge in [0.25, 0.3) is 5.95 Å². The van der Waals surface area contributed by atoms with E-state index in [0.29, 0.717) is 32.0 Å². The van der Waals surface area contributed by atoms with E-state index in [1.54, 1.807) is 0 Å². The minimum absolute atomic E-state index is 0.0832. The van der Waals surface area contributed by atoms with Crippen LogP contribution in [0.4, 0.5) is 24.5 Å². The zero-order chi connectivity index (χ0) is 24.5. The molecule has 1 aromatic carbocycles. The van der Waals surface area contributed by atoms with Gasteiger partial charge in [0.15, 0.2) is 0 Å².